The predicted molar refractivity (Wildman–Crippen MR) is 236 cm³/mol. The van der Waals surface area contributed by atoms with Gasteiger partial charge in [-0.2, -0.15) is 0 Å². The van der Waals surface area contributed by atoms with Crippen molar-refractivity contribution in [2.24, 2.45) is 0 Å². The third-order valence-electron chi connectivity index (χ3n) is 12.3. The van der Waals surface area contributed by atoms with Gasteiger partial charge in [0.1, 0.15) is 11.2 Å². The summed E-state index contributed by atoms with van der Waals surface area (Å²) in [4.78, 5) is 2.44. The molecule has 2 aliphatic rings. The summed E-state index contributed by atoms with van der Waals surface area (Å²) in [5, 5.41) is 2.27. The van der Waals surface area contributed by atoms with Gasteiger partial charge in [-0.15, -0.1) is 0 Å². The fourth-order valence-electron chi connectivity index (χ4n) is 9.97. The molecule has 1 aromatic heterocycles. The largest absolute Gasteiger partial charge is 0.456 e. The molecule has 2 heteroatoms. The zero-order valence-corrected chi connectivity index (χ0v) is 31.1. The van der Waals surface area contributed by atoms with Gasteiger partial charge < -0.3 is 9.32 Å². The average molecular weight is 726 g/mol. The standard InChI is InChI=1S/C55H35NO/c1-3-17-36(18-4-1)39-21-11-15-29-52(39)56(37-19-5-2-6-20-37)38-31-32-44-41-23-8-7-22-40(41)42-24-9-13-27-48(42)55(50(44)33-38)49-28-14-10-25-43(49)46-35-54-47(34-51(46)55)45-26-12-16-30-53(45)57-54/h1-35H. The summed E-state index contributed by atoms with van der Waals surface area (Å²) in [7, 11) is 0. The minimum absolute atomic E-state index is 0.652. The third kappa shape index (κ3) is 4.53. The molecule has 0 aliphatic heterocycles. The lowest BCUT2D eigenvalue weighted by molar-refractivity contribution is 0.668. The lowest BCUT2D eigenvalue weighted by Gasteiger charge is -2.36. The van der Waals surface area contributed by atoms with Gasteiger partial charge in [0, 0.05) is 27.7 Å². The highest BCUT2D eigenvalue weighted by molar-refractivity contribution is 6.09. The van der Waals surface area contributed by atoms with E-state index in [9.17, 15) is 0 Å². The molecule has 0 bridgehead atoms. The molecule has 266 valence electrons. The van der Waals surface area contributed by atoms with Crippen molar-refractivity contribution in [2.45, 2.75) is 5.41 Å². The molecule has 1 heterocycles. The molecular formula is C55H35NO. The number of anilines is 3. The van der Waals surface area contributed by atoms with Crippen molar-refractivity contribution in [1.29, 1.82) is 0 Å². The zero-order chi connectivity index (χ0) is 37.5. The second-order valence-corrected chi connectivity index (χ2v) is 15.2. The lowest BCUT2D eigenvalue weighted by atomic mass is 9.65. The summed E-state index contributed by atoms with van der Waals surface area (Å²) in [5.74, 6) is 0. The second-order valence-electron chi connectivity index (χ2n) is 15.2. The summed E-state index contributed by atoms with van der Waals surface area (Å²) in [6.07, 6.45) is 0. The topological polar surface area (TPSA) is 16.4 Å². The van der Waals surface area contributed by atoms with E-state index >= 15 is 0 Å². The fraction of sp³-hybridized carbons (Fsp3) is 0.0182. The molecule has 1 unspecified atom stereocenters. The molecule has 1 atom stereocenters. The number of hydrogen-bond acceptors (Lipinski definition) is 2. The van der Waals surface area contributed by atoms with Crippen LogP contribution in [0.3, 0.4) is 0 Å². The van der Waals surface area contributed by atoms with E-state index in [-0.39, 0.29) is 0 Å². The van der Waals surface area contributed by atoms with Crippen molar-refractivity contribution >= 4 is 39.0 Å². The van der Waals surface area contributed by atoms with Crippen molar-refractivity contribution in [3.63, 3.8) is 0 Å². The van der Waals surface area contributed by atoms with Crippen LogP contribution in [0.5, 0.6) is 0 Å². The molecule has 0 N–H and O–H groups in total. The van der Waals surface area contributed by atoms with Crippen LogP contribution in [0.1, 0.15) is 22.3 Å². The third-order valence-corrected chi connectivity index (χ3v) is 12.3. The van der Waals surface area contributed by atoms with Gasteiger partial charge in [0.25, 0.3) is 0 Å². The Kier molecular flexibility index (Phi) is 6.88. The molecule has 1 spiro atoms. The zero-order valence-electron chi connectivity index (χ0n) is 31.1. The quantitative estimate of drug-likeness (QED) is 0.180. The van der Waals surface area contributed by atoms with E-state index in [0.29, 0.717) is 0 Å². The molecule has 9 aromatic carbocycles. The highest BCUT2D eigenvalue weighted by atomic mass is 16.3. The number of benzene rings is 9. The SMILES string of the molecule is c1ccc(-c2ccccc2N(c2ccccc2)c2ccc3c(c2)C2(c4ccccc4-c4ccccc4-3)c3ccccc3-c3cc4oc5ccccc5c4cc32)cc1. The summed E-state index contributed by atoms with van der Waals surface area (Å²) < 4.78 is 6.57. The maximum atomic E-state index is 6.57. The van der Waals surface area contributed by atoms with Crippen molar-refractivity contribution in [2.75, 3.05) is 4.90 Å². The first-order valence-corrected chi connectivity index (χ1v) is 19.7. The Labute approximate surface area is 331 Å². The van der Waals surface area contributed by atoms with Crippen molar-refractivity contribution in [3.8, 4) is 44.5 Å². The van der Waals surface area contributed by atoms with Gasteiger partial charge in [-0.05, 0) is 110 Å². The smallest absolute Gasteiger partial charge is 0.136 e. The van der Waals surface area contributed by atoms with Gasteiger partial charge in [-0.3, -0.25) is 0 Å². The number of furan rings is 1. The van der Waals surface area contributed by atoms with Crippen molar-refractivity contribution < 1.29 is 4.42 Å². The summed E-state index contributed by atoms with van der Waals surface area (Å²) in [5.41, 5.74) is 19.3. The number of para-hydroxylation sites is 3. The van der Waals surface area contributed by atoms with Crippen LogP contribution < -0.4 is 4.90 Å². The molecular weight excluding hydrogens is 691 g/mol. The molecule has 0 amide bonds. The molecule has 12 rings (SSSR count). The Morgan fingerprint density at radius 3 is 1.60 bits per heavy atom. The van der Waals surface area contributed by atoms with Crippen LogP contribution >= 0.6 is 0 Å². The number of hydrogen-bond donors (Lipinski definition) is 0. The first-order valence-electron chi connectivity index (χ1n) is 19.7. The van der Waals surface area contributed by atoms with Gasteiger partial charge >= 0.3 is 0 Å². The van der Waals surface area contributed by atoms with Gasteiger partial charge in [-0.1, -0.05) is 164 Å². The van der Waals surface area contributed by atoms with Crippen LogP contribution in [0.15, 0.2) is 217 Å². The van der Waals surface area contributed by atoms with Gasteiger partial charge in [0.05, 0.1) is 11.1 Å². The lowest BCUT2D eigenvalue weighted by Crippen LogP contribution is -2.29. The van der Waals surface area contributed by atoms with Crippen LogP contribution in [0, 0.1) is 0 Å². The molecule has 10 aromatic rings. The normalized spacial score (nSPS) is 14.7. The van der Waals surface area contributed by atoms with E-state index in [4.69, 9.17) is 4.42 Å². The Morgan fingerprint density at radius 2 is 0.860 bits per heavy atom. The van der Waals surface area contributed by atoms with E-state index in [2.05, 4.69) is 217 Å². The minimum atomic E-state index is -0.652. The number of fused-ring (bicyclic) bond motifs is 15. The van der Waals surface area contributed by atoms with Crippen LogP contribution in [0.4, 0.5) is 17.1 Å². The Balaban J connectivity index is 1.23. The Hall–Kier alpha value is -7.42. The van der Waals surface area contributed by atoms with E-state index in [1.165, 1.54) is 66.8 Å². The van der Waals surface area contributed by atoms with Crippen molar-refractivity contribution in [3.05, 3.63) is 235 Å². The Bertz CT molecular complexity index is 3190. The fourth-order valence-corrected chi connectivity index (χ4v) is 9.97. The van der Waals surface area contributed by atoms with E-state index in [0.717, 1.165) is 39.0 Å². The molecule has 0 radical (unpaired) electrons. The van der Waals surface area contributed by atoms with Gasteiger partial charge in [0.2, 0.25) is 0 Å². The number of rotatable bonds is 4. The molecule has 0 fully saturated rings. The van der Waals surface area contributed by atoms with Crippen LogP contribution in [0.2, 0.25) is 0 Å². The highest BCUT2D eigenvalue weighted by Gasteiger charge is 2.50. The first-order chi connectivity index (χ1) is 28.3. The summed E-state index contributed by atoms with van der Waals surface area (Å²) in [6, 6.07) is 77.8. The Morgan fingerprint density at radius 1 is 0.316 bits per heavy atom. The molecule has 0 saturated carbocycles. The molecule has 2 aliphatic carbocycles. The maximum absolute atomic E-state index is 6.57. The minimum Gasteiger partial charge on any atom is -0.456 e. The second kappa shape index (κ2) is 12.3. The first kappa shape index (κ1) is 31.9. The monoisotopic (exact) mass is 725 g/mol. The van der Waals surface area contributed by atoms with E-state index in [1.807, 2.05) is 0 Å². The summed E-state index contributed by atoms with van der Waals surface area (Å²) in [6.45, 7) is 0. The van der Waals surface area contributed by atoms with Crippen LogP contribution in [-0.4, -0.2) is 0 Å². The van der Waals surface area contributed by atoms with Gasteiger partial charge in [-0.25, -0.2) is 0 Å². The van der Waals surface area contributed by atoms with Crippen molar-refractivity contribution in [1.82, 2.24) is 0 Å². The average Bonchev–Trinajstić information content (AvgIpc) is 3.76. The van der Waals surface area contributed by atoms with E-state index < -0.39 is 5.41 Å². The number of nitrogens with zero attached hydrogens (tertiary/aromatic N) is 1. The maximum Gasteiger partial charge on any atom is 0.136 e. The molecule has 2 nitrogen and oxygen atoms in total. The molecule has 0 saturated heterocycles. The van der Waals surface area contributed by atoms with E-state index in [1.54, 1.807) is 0 Å². The van der Waals surface area contributed by atoms with Crippen LogP contribution in [0.25, 0.3) is 66.4 Å². The highest BCUT2D eigenvalue weighted by Crippen LogP contribution is 2.63. The van der Waals surface area contributed by atoms with Gasteiger partial charge in [0.15, 0.2) is 0 Å². The molecule has 57 heavy (non-hydrogen) atoms. The summed E-state index contributed by atoms with van der Waals surface area (Å²) >= 11 is 0. The van der Waals surface area contributed by atoms with Crippen LogP contribution in [-0.2, 0) is 5.41 Å². The predicted octanol–water partition coefficient (Wildman–Crippen LogP) is 14.7.